The summed E-state index contributed by atoms with van der Waals surface area (Å²) in [4.78, 5) is 34.3. The fourth-order valence-corrected chi connectivity index (χ4v) is 4.92. The van der Waals surface area contributed by atoms with Crippen molar-refractivity contribution in [3.05, 3.63) is 64.7 Å². The Bertz CT molecular complexity index is 1170. The second kappa shape index (κ2) is 11.3. The zero-order valence-corrected chi connectivity index (χ0v) is 21.0. The van der Waals surface area contributed by atoms with Crippen molar-refractivity contribution in [3.8, 4) is 22.1 Å². The average Bonchev–Trinajstić information content (AvgIpc) is 3.29. The summed E-state index contributed by atoms with van der Waals surface area (Å²) in [6.07, 6.45) is 0. The fourth-order valence-electron chi connectivity index (χ4n) is 3.96. The number of methoxy groups -OCH3 is 2. The summed E-state index contributed by atoms with van der Waals surface area (Å²) in [5.41, 5.74) is 2.62. The van der Waals surface area contributed by atoms with Crippen molar-refractivity contribution < 1.29 is 23.8 Å². The van der Waals surface area contributed by atoms with Gasteiger partial charge in [0, 0.05) is 38.3 Å². The standard InChI is InChI=1S/C26H29N3O5S/c1-18-24(35-25(27-18)20-9-10-21(32-2)22(15-20)33-3)26(31)34-17-23(30)29-13-11-28(12-14-29)16-19-7-5-4-6-8-19/h4-10,15H,11-14,16-17H2,1-3H3. The van der Waals surface area contributed by atoms with Crippen molar-refractivity contribution in [3.63, 3.8) is 0 Å². The molecule has 0 radical (unpaired) electrons. The van der Waals surface area contributed by atoms with Crippen LogP contribution in [-0.2, 0) is 16.1 Å². The second-order valence-electron chi connectivity index (χ2n) is 8.22. The van der Waals surface area contributed by atoms with Crippen LogP contribution in [0.1, 0.15) is 20.9 Å². The highest BCUT2D eigenvalue weighted by Gasteiger charge is 2.24. The molecule has 0 unspecified atom stereocenters. The predicted molar refractivity (Wildman–Crippen MR) is 134 cm³/mol. The van der Waals surface area contributed by atoms with Gasteiger partial charge in [-0.25, -0.2) is 9.78 Å². The van der Waals surface area contributed by atoms with Gasteiger partial charge in [0.25, 0.3) is 5.91 Å². The van der Waals surface area contributed by atoms with Gasteiger partial charge in [0.1, 0.15) is 9.88 Å². The van der Waals surface area contributed by atoms with E-state index in [1.54, 1.807) is 32.1 Å². The third kappa shape index (κ3) is 5.98. The number of carbonyl (C=O) groups is 2. The molecule has 1 aromatic heterocycles. The van der Waals surface area contributed by atoms with Crippen LogP contribution < -0.4 is 9.47 Å². The molecule has 1 saturated heterocycles. The van der Waals surface area contributed by atoms with Crippen molar-refractivity contribution in [2.24, 2.45) is 0 Å². The maximum atomic E-state index is 12.7. The number of ether oxygens (including phenoxy) is 3. The highest BCUT2D eigenvalue weighted by atomic mass is 32.1. The normalized spacial score (nSPS) is 14.0. The van der Waals surface area contributed by atoms with E-state index in [0.29, 0.717) is 40.2 Å². The van der Waals surface area contributed by atoms with E-state index in [4.69, 9.17) is 14.2 Å². The lowest BCUT2D eigenvalue weighted by Crippen LogP contribution is -2.49. The van der Waals surface area contributed by atoms with Crippen LogP contribution in [0.3, 0.4) is 0 Å². The zero-order chi connectivity index (χ0) is 24.8. The molecule has 9 heteroatoms. The molecule has 1 fully saturated rings. The van der Waals surface area contributed by atoms with Crippen molar-refractivity contribution in [2.75, 3.05) is 47.0 Å². The summed E-state index contributed by atoms with van der Waals surface area (Å²) >= 11 is 1.23. The number of esters is 1. The van der Waals surface area contributed by atoms with Crippen LogP contribution in [0.5, 0.6) is 11.5 Å². The van der Waals surface area contributed by atoms with Crippen molar-refractivity contribution in [1.82, 2.24) is 14.8 Å². The lowest BCUT2D eigenvalue weighted by molar-refractivity contribution is -0.136. The molecule has 1 amide bonds. The average molecular weight is 496 g/mol. The molecular formula is C26H29N3O5S. The molecule has 0 atom stereocenters. The minimum atomic E-state index is -0.539. The number of piperazine rings is 1. The molecule has 0 aliphatic carbocycles. The molecule has 0 saturated carbocycles. The molecule has 1 aliphatic rings. The Morgan fingerprint density at radius 1 is 0.971 bits per heavy atom. The van der Waals surface area contributed by atoms with Crippen molar-refractivity contribution in [2.45, 2.75) is 13.5 Å². The number of carbonyl (C=O) groups excluding carboxylic acids is 2. The second-order valence-corrected chi connectivity index (χ2v) is 9.22. The first-order valence-electron chi connectivity index (χ1n) is 11.4. The Labute approximate surface area is 209 Å². The molecule has 1 aliphatic heterocycles. The number of hydrogen-bond donors (Lipinski definition) is 0. The minimum Gasteiger partial charge on any atom is -0.493 e. The summed E-state index contributed by atoms with van der Waals surface area (Å²) < 4.78 is 16.0. The molecule has 4 rings (SSSR count). The van der Waals surface area contributed by atoms with Gasteiger partial charge < -0.3 is 19.1 Å². The van der Waals surface area contributed by atoms with E-state index in [1.165, 1.54) is 16.9 Å². The van der Waals surface area contributed by atoms with Crippen LogP contribution in [0.25, 0.3) is 10.6 Å². The Morgan fingerprint density at radius 2 is 1.69 bits per heavy atom. The number of hydrogen-bond acceptors (Lipinski definition) is 8. The van der Waals surface area contributed by atoms with Crippen molar-refractivity contribution >= 4 is 23.2 Å². The van der Waals surface area contributed by atoms with E-state index in [0.717, 1.165) is 25.2 Å². The number of benzene rings is 2. The first kappa shape index (κ1) is 24.7. The number of aryl methyl sites for hydroxylation is 1. The van der Waals surface area contributed by atoms with Gasteiger partial charge in [-0.1, -0.05) is 30.3 Å². The molecule has 0 bridgehead atoms. The first-order chi connectivity index (χ1) is 17.0. The number of nitrogens with zero attached hydrogens (tertiary/aromatic N) is 3. The topological polar surface area (TPSA) is 81.2 Å². The molecule has 184 valence electrons. The van der Waals surface area contributed by atoms with Crippen LogP contribution in [0.2, 0.25) is 0 Å². The quantitative estimate of drug-likeness (QED) is 0.442. The van der Waals surface area contributed by atoms with Gasteiger partial charge in [-0.15, -0.1) is 11.3 Å². The minimum absolute atomic E-state index is 0.181. The number of rotatable bonds is 8. The summed E-state index contributed by atoms with van der Waals surface area (Å²) in [5.74, 6) is 0.475. The third-order valence-electron chi connectivity index (χ3n) is 5.91. The van der Waals surface area contributed by atoms with Gasteiger partial charge in [0.15, 0.2) is 18.1 Å². The molecule has 2 heterocycles. The summed E-state index contributed by atoms with van der Waals surface area (Å²) in [7, 11) is 3.14. The molecule has 0 spiro atoms. The fraction of sp³-hybridized carbons (Fsp3) is 0.346. The highest BCUT2D eigenvalue weighted by molar-refractivity contribution is 7.17. The largest absolute Gasteiger partial charge is 0.493 e. The first-order valence-corrected chi connectivity index (χ1v) is 12.2. The van der Waals surface area contributed by atoms with Gasteiger partial charge in [-0.3, -0.25) is 9.69 Å². The van der Waals surface area contributed by atoms with Gasteiger partial charge >= 0.3 is 5.97 Å². The van der Waals surface area contributed by atoms with Crippen LogP contribution in [0, 0.1) is 6.92 Å². The number of amides is 1. The Morgan fingerprint density at radius 3 is 2.37 bits per heavy atom. The summed E-state index contributed by atoms with van der Waals surface area (Å²) in [5, 5.41) is 0.663. The maximum absolute atomic E-state index is 12.7. The Balaban J connectivity index is 1.30. The third-order valence-corrected chi connectivity index (χ3v) is 7.10. The zero-order valence-electron chi connectivity index (χ0n) is 20.2. The summed E-state index contributed by atoms with van der Waals surface area (Å²) in [6.45, 7) is 5.16. The van der Waals surface area contributed by atoms with E-state index in [-0.39, 0.29) is 12.5 Å². The summed E-state index contributed by atoms with van der Waals surface area (Å²) in [6, 6.07) is 15.7. The SMILES string of the molecule is COc1ccc(-c2nc(C)c(C(=O)OCC(=O)N3CCN(Cc4ccccc4)CC3)s2)cc1OC. The van der Waals surface area contributed by atoms with Gasteiger partial charge in [0.05, 0.1) is 19.9 Å². The van der Waals surface area contributed by atoms with E-state index in [2.05, 4.69) is 22.0 Å². The van der Waals surface area contributed by atoms with E-state index in [9.17, 15) is 9.59 Å². The van der Waals surface area contributed by atoms with E-state index >= 15 is 0 Å². The molecule has 2 aromatic carbocycles. The monoisotopic (exact) mass is 495 g/mol. The number of aromatic nitrogens is 1. The van der Waals surface area contributed by atoms with E-state index < -0.39 is 5.97 Å². The Hall–Kier alpha value is -3.43. The molecule has 8 nitrogen and oxygen atoms in total. The predicted octanol–water partition coefficient (Wildman–Crippen LogP) is 3.64. The van der Waals surface area contributed by atoms with Crippen LogP contribution >= 0.6 is 11.3 Å². The van der Waals surface area contributed by atoms with Crippen LogP contribution in [-0.4, -0.2) is 73.7 Å². The van der Waals surface area contributed by atoms with Crippen LogP contribution in [0.15, 0.2) is 48.5 Å². The molecule has 35 heavy (non-hydrogen) atoms. The lowest BCUT2D eigenvalue weighted by atomic mass is 10.2. The number of thiazole rings is 1. The maximum Gasteiger partial charge on any atom is 0.350 e. The molecule has 0 N–H and O–H groups in total. The van der Waals surface area contributed by atoms with E-state index in [1.807, 2.05) is 30.3 Å². The Kier molecular flexibility index (Phi) is 7.99. The van der Waals surface area contributed by atoms with Crippen molar-refractivity contribution in [1.29, 1.82) is 0 Å². The van der Waals surface area contributed by atoms with Gasteiger partial charge in [-0.05, 0) is 30.7 Å². The smallest absolute Gasteiger partial charge is 0.350 e. The molecule has 3 aromatic rings. The molecular weight excluding hydrogens is 466 g/mol. The van der Waals surface area contributed by atoms with Gasteiger partial charge in [0.2, 0.25) is 0 Å². The lowest BCUT2D eigenvalue weighted by Gasteiger charge is -2.34. The highest BCUT2D eigenvalue weighted by Crippen LogP contribution is 2.35. The van der Waals surface area contributed by atoms with Gasteiger partial charge in [-0.2, -0.15) is 0 Å². The van der Waals surface area contributed by atoms with Crippen LogP contribution in [0.4, 0.5) is 0 Å².